The van der Waals surface area contributed by atoms with Gasteiger partial charge in [-0.1, -0.05) is 0 Å². The van der Waals surface area contributed by atoms with E-state index in [4.69, 9.17) is 5.11 Å². The summed E-state index contributed by atoms with van der Waals surface area (Å²) in [5.74, 6) is -0.266. The molecule has 0 fully saturated rings. The van der Waals surface area contributed by atoms with Gasteiger partial charge in [0.05, 0.1) is 18.3 Å². The summed E-state index contributed by atoms with van der Waals surface area (Å²) in [6.07, 6.45) is 1.35. The van der Waals surface area contributed by atoms with Gasteiger partial charge in [0, 0.05) is 7.05 Å². The Balaban J connectivity index is 2.81. The molecule has 0 atom stereocenters. The maximum absolute atomic E-state index is 11.7. The molecule has 0 spiro atoms. The minimum absolute atomic E-state index is 0.104. The van der Waals surface area contributed by atoms with Gasteiger partial charge in [0.2, 0.25) is 0 Å². The molecule has 0 aliphatic carbocycles. The van der Waals surface area contributed by atoms with Crippen LogP contribution in [0.4, 0.5) is 0 Å². The highest BCUT2D eigenvalue weighted by molar-refractivity contribution is 5.92. The van der Waals surface area contributed by atoms with Crippen molar-refractivity contribution in [1.29, 1.82) is 0 Å². The molecule has 2 N–H and O–H groups in total. The number of aromatic amines is 1. The lowest BCUT2D eigenvalue weighted by molar-refractivity contribution is 0.0467. The van der Waals surface area contributed by atoms with Gasteiger partial charge in [0.1, 0.15) is 0 Å². The first-order valence-corrected chi connectivity index (χ1v) is 4.24. The fourth-order valence-electron chi connectivity index (χ4n) is 0.857. The highest BCUT2D eigenvalue weighted by Crippen LogP contribution is 2.13. The molecule has 6 nitrogen and oxygen atoms in total. The van der Waals surface area contributed by atoms with E-state index >= 15 is 0 Å². The van der Waals surface area contributed by atoms with E-state index in [2.05, 4.69) is 15.4 Å². The van der Waals surface area contributed by atoms with Crippen LogP contribution in [0.3, 0.4) is 0 Å². The lowest BCUT2D eigenvalue weighted by atomic mass is 10.1. The Kier molecular flexibility index (Phi) is 2.85. The Morgan fingerprint density at radius 2 is 2.36 bits per heavy atom. The molecule has 0 saturated heterocycles. The molecule has 0 aromatic carbocycles. The van der Waals surface area contributed by atoms with Gasteiger partial charge in [0.15, 0.2) is 5.69 Å². The summed E-state index contributed by atoms with van der Waals surface area (Å²) in [6, 6.07) is 0. The van der Waals surface area contributed by atoms with Crippen LogP contribution < -0.4 is 0 Å². The number of likely N-dealkylation sites (N-methyl/N-ethyl adjacent to an activating group) is 1. The number of amides is 1. The Bertz CT molecular complexity index is 307. The van der Waals surface area contributed by atoms with Gasteiger partial charge >= 0.3 is 0 Å². The summed E-state index contributed by atoms with van der Waals surface area (Å²) in [4.78, 5) is 13.1. The lowest BCUT2D eigenvalue weighted by Crippen LogP contribution is -2.47. The van der Waals surface area contributed by atoms with Crippen molar-refractivity contribution in [2.24, 2.45) is 0 Å². The number of rotatable bonds is 3. The van der Waals surface area contributed by atoms with E-state index in [9.17, 15) is 4.79 Å². The van der Waals surface area contributed by atoms with Crippen molar-refractivity contribution in [3.05, 3.63) is 11.9 Å². The summed E-state index contributed by atoms with van der Waals surface area (Å²) in [6.45, 7) is 3.43. The zero-order chi connectivity index (χ0) is 10.8. The average Bonchev–Trinajstić information content (AvgIpc) is 2.68. The van der Waals surface area contributed by atoms with Gasteiger partial charge in [-0.3, -0.25) is 4.79 Å². The normalized spacial score (nSPS) is 11.4. The van der Waals surface area contributed by atoms with Crippen molar-refractivity contribution in [2.75, 3.05) is 13.7 Å². The quantitative estimate of drug-likeness (QED) is 0.695. The third-order valence-corrected chi connectivity index (χ3v) is 2.23. The number of carbonyl (C=O) groups is 1. The number of H-pyrrole nitrogens is 1. The molecule has 1 aromatic rings. The number of hydrogen-bond donors (Lipinski definition) is 2. The smallest absolute Gasteiger partial charge is 0.276 e. The topological polar surface area (TPSA) is 82.1 Å². The molecule has 1 amide bonds. The SMILES string of the molecule is CN(C(=O)c1cn[nH]n1)C(C)(C)CO. The molecule has 6 heteroatoms. The lowest BCUT2D eigenvalue weighted by Gasteiger charge is -2.33. The van der Waals surface area contributed by atoms with Crippen LogP contribution in [0.5, 0.6) is 0 Å². The molecular formula is C8H14N4O2. The van der Waals surface area contributed by atoms with Crippen LogP contribution in [0.2, 0.25) is 0 Å². The maximum atomic E-state index is 11.7. The maximum Gasteiger partial charge on any atom is 0.276 e. The second-order valence-corrected chi connectivity index (χ2v) is 3.69. The molecule has 0 bridgehead atoms. The predicted molar refractivity (Wildman–Crippen MR) is 49.6 cm³/mol. The molecule has 78 valence electrons. The fraction of sp³-hybridized carbons (Fsp3) is 0.625. The number of aromatic nitrogens is 3. The second kappa shape index (κ2) is 3.75. The summed E-state index contributed by atoms with van der Waals surface area (Å²) < 4.78 is 0. The number of aliphatic hydroxyl groups excluding tert-OH is 1. The average molecular weight is 198 g/mol. The van der Waals surface area contributed by atoms with E-state index < -0.39 is 5.54 Å². The minimum atomic E-state index is -0.601. The fourth-order valence-corrected chi connectivity index (χ4v) is 0.857. The Labute approximate surface area is 81.9 Å². The zero-order valence-electron chi connectivity index (χ0n) is 8.48. The van der Waals surface area contributed by atoms with Crippen LogP contribution in [-0.2, 0) is 0 Å². The van der Waals surface area contributed by atoms with Crippen LogP contribution in [0.25, 0.3) is 0 Å². The summed E-state index contributed by atoms with van der Waals surface area (Å²) >= 11 is 0. The van der Waals surface area contributed by atoms with E-state index in [1.807, 2.05) is 0 Å². The molecular weight excluding hydrogens is 184 g/mol. The largest absolute Gasteiger partial charge is 0.394 e. The predicted octanol–water partition coefficient (Wildman–Crippen LogP) is -0.352. The number of nitrogens with zero attached hydrogens (tertiary/aromatic N) is 3. The Hall–Kier alpha value is -1.43. The minimum Gasteiger partial charge on any atom is -0.394 e. The van der Waals surface area contributed by atoms with E-state index in [1.54, 1.807) is 20.9 Å². The molecule has 0 saturated carbocycles. The number of aliphatic hydroxyl groups is 1. The zero-order valence-corrected chi connectivity index (χ0v) is 8.48. The summed E-state index contributed by atoms with van der Waals surface area (Å²) in [5.41, 5.74) is -0.357. The number of nitrogens with one attached hydrogen (secondary N) is 1. The van der Waals surface area contributed by atoms with Gasteiger partial charge in [-0.05, 0) is 13.8 Å². The van der Waals surface area contributed by atoms with Crippen LogP contribution in [-0.4, -0.2) is 50.5 Å². The van der Waals surface area contributed by atoms with Crippen molar-refractivity contribution >= 4 is 5.91 Å². The van der Waals surface area contributed by atoms with Crippen molar-refractivity contribution in [3.63, 3.8) is 0 Å². The third-order valence-electron chi connectivity index (χ3n) is 2.23. The molecule has 1 aromatic heterocycles. The van der Waals surface area contributed by atoms with E-state index in [-0.39, 0.29) is 18.2 Å². The van der Waals surface area contributed by atoms with Gasteiger partial charge < -0.3 is 10.0 Å². The number of carbonyl (C=O) groups excluding carboxylic acids is 1. The van der Waals surface area contributed by atoms with Crippen LogP contribution in [0.1, 0.15) is 24.3 Å². The molecule has 1 rings (SSSR count). The van der Waals surface area contributed by atoms with E-state index in [0.29, 0.717) is 0 Å². The first-order chi connectivity index (χ1) is 6.49. The van der Waals surface area contributed by atoms with Crippen molar-refractivity contribution < 1.29 is 9.90 Å². The Morgan fingerprint density at radius 1 is 1.71 bits per heavy atom. The van der Waals surface area contributed by atoms with Crippen LogP contribution in [0.15, 0.2) is 6.20 Å². The molecule has 0 unspecified atom stereocenters. The van der Waals surface area contributed by atoms with E-state index in [0.717, 1.165) is 0 Å². The van der Waals surface area contributed by atoms with Crippen molar-refractivity contribution in [1.82, 2.24) is 20.3 Å². The first kappa shape index (κ1) is 10.6. The van der Waals surface area contributed by atoms with Crippen molar-refractivity contribution in [3.8, 4) is 0 Å². The van der Waals surface area contributed by atoms with Gasteiger partial charge in [-0.2, -0.15) is 15.4 Å². The molecule has 14 heavy (non-hydrogen) atoms. The highest BCUT2D eigenvalue weighted by Gasteiger charge is 2.28. The van der Waals surface area contributed by atoms with Gasteiger partial charge in [-0.25, -0.2) is 0 Å². The van der Waals surface area contributed by atoms with E-state index in [1.165, 1.54) is 11.1 Å². The monoisotopic (exact) mass is 198 g/mol. The summed E-state index contributed by atoms with van der Waals surface area (Å²) in [5, 5.41) is 18.7. The molecule has 0 aliphatic heterocycles. The molecule has 0 radical (unpaired) electrons. The second-order valence-electron chi connectivity index (χ2n) is 3.69. The van der Waals surface area contributed by atoms with Gasteiger partial charge in [-0.15, -0.1) is 0 Å². The van der Waals surface area contributed by atoms with Crippen LogP contribution in [0, 0.1) is 0 Å². The van der Waals surface area contributed by atoms with Gasteiger partial charge in [0.25, 0.3) is 5.91 Å². The molecule has 0 aliphatic rings. The number of hydrogen-bond acceptors (Lipinski definition) is 4. The molecule has 1 heterocycles. The highest BCUT2D eigenvalue weighted by atomic mass is 16.3. The standard InChI is InChI=1S/C8H14N4O2/c1-8(2,5-13)12(3)7(14)6-4-9-11-10-6/h4,13H,5H2,1-3H3,(H,9,10,11). The summed E-state index contributed by atoms with van der Waals surface area (Å²) in [7, 11) is 1.62. The Morgan fingerprint density at radius 3 is 2.79 bits per heavy atom. The van der Waals surface area contributed by atoms with Crippen LogP contribution >= 0.6 is 0 Å². The first-order valence-electron chi connectivity index (χ1n) is 4.24. The van der Waals surface area contributed by atoms with Crippen molar-refractivity contribution in [2.45, 2.75) is 19.4 Å². The third kappa shape index (κ3) is 1.90.